The van der Waals surface area contributed by atoms with Gasteiger partial charge in [0.05, 0.1) is 11.3 Å². The van der Waals surface area contributed by atoms with Crippen molar-refractivity contribution in [3.8, 4) is 17.2 Å². The first kappa shape index (κ1) is 19.2. The number of hydrogen-bond donors (Lipinski definition) is 2. The summed E-state index contributed by atoms with van der Waals surface area (Å²) in [7, 11) is 0. The van der Waals surface area contributed by atoms with Crippen LogP contribution in [0.2, 0.25) is 0 Å². The third kappa shape index (κ3) is 3.98. The summed E-state index contributed by atoms with van der Waals surface area (Å²) < 4.78 is 1.67. The highest BCUT2D eigenvalue weighted by molar-refractivity contribution is 5.95. The van der Waals surface area contributed by atoms with Gasteiger partial charge in [-0.1, -0.05) is 24.3 Å². The van der Waals surface area contributed by atoms with Crippen LogP contribution in [0, 0.1) is 11.3 Å². The van der Waals surface area contributed by atoms with Crippen molar-refractivity contribution in [1.82, 2.24) is 19.9 Å². The first-order valence-electron chi connectivity index (χ1n) is 9.57. The molecule has 4 aromatic rings. The van der Waals surface area contributed by atoms with Crippen molar-refractivity contribution in [1.29, 1.82) is 5.26 Å². The van der Waals surface area contributed by atoms with E-state index < -0.39 is 0 Å². The van der Waals surface area contributed by atoms with Gasteiger partial charge in [0.25, 0.3) is 5.91 Å². The predicted octanol–water partition coefficient (Wildman–Crippen LogP) is 4.15. The van der Waals surface area contributed by atoms with E-state index in [-0.39, 0.29) is 11.9 Å². The quantitative estimate of drug-likeness (QED) is 0.528. The Labute approximate surface area is 174 Å². The molecule has 2 N–H and O–H groups in total. The fourth-order valence-corrected chi connectivity index (χ4v) is 3.10. The van der Waals surface area contributed by atoms with Gasteiger partial charge in [0.2, 0.25) is 5.95 Å². The molecule has 148 valence electrons. The van der Waals surface area contributed by atoms with Crippen LogP contribution in [0.3, 0.4) is 0 Å². The molecule has 0 aliphatic carbocycles. The number of pyridine rings is 1. The van der Waals surface area contributed by atoms with E-state index in [0.717, 1.165) is 11.1 Å². The lowest BCUT2D eigenvalue weighted by atomic mass is 10.0. The van der Waals surface area contributed by atoms with Crippen LogP contribution >= 0.6 is 0 Å². The summed E-state index contributed by atoms with van der Waals surface area (Å²) in [6, 6.07) is 20.7. The van der Waals surface area contributed by atoms with Crippen molar-refractivity contribution in [2.45, 2.75) is 19.9 Å². The molecular weight excluding hydrogens is 376 g/mol. The SMILES string of the molecule is CC(C)NC(=O)c1cccc(-c2ccc3nc(Nc4ccccc4C#N)nn3c2)c1. The third-order valence-electron chi connectivity index (χ3n) is 4.50. The monoisotopic (exact) mass is 396 g/mol. The van der Waals surface area contributed by atoms with E-state index >= 15 is 0 Å². The number of hydrogen-bond acceptors (Lipinski definition) is 5. The number of benzene rings is 2. The third-order valence-corrected chi connectivity index (χ3v) is 4.50. The van der Waals surface area contributed by atoms with Crippen LogP contribution in [0.25, 0.3) is 16.8 Å². The zero-order chi connectivity index (χ0) is 21.1. The molecule has 2 aromatic carbocycles. The molecule has 1 amide bonds. The Balaban J connectivity index is 1.63. The van der Waals surface area contributed by atoms with Gasteiger partial charge in [-0.15, -0.1) is 5.10 Å². The van der Waals surface area contributed by atoms with E-state index in [1.165, 1.54) is 0 Å². The fourth-order valence-electron chi connectivity index (χ4n) is 3.10. The highest BCUT2D eigenvalue weighted by Gasteiger charge is 2.10. The standard InChI is InChI=1S/C23H20N6O/c1-15(2)25-22(30)17-8-5-7-16(12-17)19-10-11-21-27-23(28-29(21)14-19)26-20-9-4-3-6-18(20)13-24/h3-12,14-15H,1-2H3,(H,25,30)(H,26,28). The molecule has 30 heavy (non-hydrogen) atoms. The van der Waals surface area contributed by atoms with Crippen molar-refractivity contribution in [3.63, 3.8) is 0 Å². The first-order valence-corrected chi connectivity index (χ1v) is 9.57. The summed E-state index contributed by atoms with van der Waals surface area (Å²) in [6.45, 7) is 3.86. The number of nitrogens with one attached hydrogen (secondary N) is 2. The summed E-state index contributed by atoms with van der Waals surface area (Å²) in [5, 5.41) is 19.7. The van der Waals surface area contributed by atoms with Crippen molar-refractivity contribution < 1.29 is 4.79 Å². The molecular formula is C23H20N6O. The molecule has 0 bridgehead atoms. The highest BCUT2D eigenvalue weighted by atomic mass is 16.1. The largest absolute Gasteiger partial charge is 0.350 e. The smallest absolute Gasteiger partial charge is 0.251 e. The minimum atomic E-state index is -0.101. The van der Waals surface area contributed by atoms with Crippen LogP contribution in [0.15, 0.2) is 66.9 Å². The number of rotatable bonds is 5. The molecule has 0 aliphatic rings. The first-order chi connectivity index (χ1) is 14.5. The molecule has 2 heterocycles. The normalized spacial score (nSPS) is 10.7. The maximum atomic E-state index is 12.3. The molecule has 0 radical (unpaired) electrons. The van der Waals surface area contributed by atoms with E-state index in [1.807, 2.05) is 68.6 Å². The number of carbonyl (C=O) groups is 1. The van der Waals surface area contributed by atoms with Gasteiger partial charge >= 0.3 is 0 Å². The minimum absolute atomic E-state index is 0.0738. The minimum Gasteiger partial charge on any atom is -0.350 e. The maximum absolute atomic E-state index is 12.3. The summed E-state index contributed by atoms with van der Waals surface area (Å²) in [4.78, 5) is 16.8. The molecule has 4 rings (SSSR count). The van der Waals surface area contributed by atoms with E-state index in [1.54, 1.807) is 16.6 Å². The number of fused-ring (bicyclic) bond motifs is 1. The summed E-state index contributed by atoms with van der Waals surface area (Å²) >= 11 is 0. The molecule has 0 saturated carbocycles. The van der Waals surface area contributed by atoms with Crippen molar-refractivity contribution >= 4 is 23.2 Å². The van der Waals surface area contributed by atoms with Crippen molar-refractivity contribution in [2.75, 3.05) is 5.32 Å². The van der Waals surface area contributed by atoms with Gasteiger partial charge in [0, 0.05) is 23.4 Å². The topological polar surface area (TPSA) is 95.1 Å². The van der Waals surface area contributed by atoms with Crippen LogP contribution in [-0.4, -0.2) is 26.5 Å². The number of para-hydroxylation sites is 1. The maximum Gasteiger partial charge on any atom is 0.251 e. The van der Waals surface area contributed by atoms with Crippen LogP contribution < -0.4 is 10.6 Å². The number of anilines is 2. The number of nitriles is 1. The molecule has 0 spiro atoms. The molecule has 0 fully saturated rings. The van der Waals surface area contributed by atoms with E-state index in [4.69, 9.17) is 0 Å². The van der Waals surface area contributed by atoms with E-state index in [2.05, 4.69) is 26.8 Å². The van der Waals surface area contributed by atoms with Gasteiger partial charge in [-0.25, -0.2) is 4.52 Å². The van der Waals surface area contributed by atoms with E-state index in [0.29, 0.717) is 28.4 Å². The second-order valence-corrected chi connectivity index (χ2v) is 7.15. The Hall–Kier alpha value is -4.18. The molecule has 7 heteroatoms. The van der Waals surface area contributed by atoms with Gasteiger partial charge in [0.15, 0.2) is 5.65 Å². The van der Waals surface area contributed by atoms with Crippen LogP contribution in [0.1, 0.15) is 29.8 Å². The summed E-state index contributed by atoms with van der Waals surface area (Å²) in [5.74, 6) is 0.302. The predicted molar refractivity (Wildman–Crippen MR) is 115 cm³/mol. The average molecular weight is 396 g/mol. The number of amides is 1. The fraction of sp³-hybridized carbons (Fsp3) is 0.130. The lowest BCUT2D eigenvalue weighted by Crippen LogP contribution is -2.30. The second-order valence-electron chi connectivity index (χ2n) is 7.15. The zero-order valence-electron chi connectivity index (χ0n) is 16.6. The zero-order valence-corrected chi connectivity index (χ0v) is 16.6. The Bertz CT molecular complexity index is 1270. The molecule has 0 saturated heterocycles. The van der Waals surface area contributed by atoms with E-state index in [9.17, 15) is 10.1 Å². The van der Waals surface area contributed by atoms with Crippen LogP contribution in [0.5, 0.6) is 0 Å². The van der Waals surface area contributed by atoms with Gasteiger partial charge in [0.1, 0.15) is 6.07 Å². The van der Waals surface area contributed by atoms with Gasteiger partial charge in [-0.2, -0.15) is 10.2 Å². The Morgan fingerprint density at radius 3 is 2.70 bits per heavy atom. The van der Waals surface area contributed by atoms with Gasteiger partial charge < -0.3 is 10.6 Å². The van der Waals surface area contributed by atoms with Crippen LogP contribution in [-0.2, 0) is 0 Å². The van der Waals surface area contributed by atoms with Gasteiger partial charge in [-0.3, -0.25) is 4.79 Å². The van der Waals surface area contributed by atoms with Crippen molar-refractivity contribution in [2.24, 2.45) is 0 Å². The highest BCUT2D eigenvalue weighted by Crippen LogP contribution is 2.23. The second kappa shape index (κ2) is 8.05. The average Bonchev–Trinajstić information content (AvgIpc) is 3.15. The van der Waals surface area contributed by atoms with Crippen LogP contribution in [0.4, 0.5) is 11.6 Å². The summed E-state index contributed by atoms with van der Waals surface area (Å²) in [6.07, 6.45) is 1.86. The number of carbonyl (C=O) groups excluding carboxylic acids is 1. The lowest BCUT2D eigenvalue weighted by Gasteiger charge is -2.09. The lowest BCUT2D eigenvalue weighted by molar-refractivity contribution is 0.0943. The Morgan fingerprint density at radius 1 is 1.07 bits per heavy atom. The molecule has 7 nitrogen and oxygen atoms in total. The number of nitrogens with zero attached hydrogens (tertiary/aromatic N) is 4. The van der Waals surface area contributed by atoms with Gasteiger partial charge in [-0.05, 0) is 55.8 Å². The Morgan fingerprint density at radius 2 is 1.90 bits per heavy atom. The Kier molecular flexibility index (Phi) is 5.14. The summed E-state index contributed by atoms with van der Waals surface area (Å²) in [5.41, 5.74) is 4.27. The van der Waals surface area contributed by atoms with Crippen molar-refractivity contribution in [3.05, 3.63) is 78.0 Å². The molecule has 0 atom stereocenters. The molecule has 0 aliphatic heterocycles. The molecule has 2 aromatic heterocycles. The number of aromatic nitrogens is 3. The molecule has 0 unspecified atom stereocenters.